The molecule has 1 aliphatic rings. The van der Waals surface area contributed by atoms with Gasteiger partial charge < -0.3 is 30.7 Å². The summed E-state index contributed by atoms with van der Waals surface area (Å²) in [5, 5.41) is 28.3. The van der Waals surface area contributed by atoms with Crippen LogP contribution < -0.4 is 5.73 Å². The molecule has 1 fully saturated rings. The average molecular weight is 246 g/mol. The van der Waals surface area contributed by atoms with Crippen LogP contribution in [0.25, 0.3) is 0 Å². The van der Waals surface area contributed by atoms with Crippen LogP contribution in [0.4, 0.5) is 0 Å². The topological polar surface area (TPSA) is 116 Å². The molecular formula is C10H18N2O5. The highest BCUT2D eigenvalue weighted by Gasteiger charge is 2.44. The van der Waals surface area contributed by atoms with Gasteiger partial charge in [0.25, 0.3) is 0 Å². The molecule has 0 saturated carbocycles. The lowest BCUT2D eigenvalue weighted by Crippen LogP contribution is -2.66. The summed E-state index contributed by atoms with van der Waals surface area (Å²) in [7, 11) is 0. The standard InChI is InChI=1S/C10H18N2O5/c1-2-3-12(5-14)10-7(11)9(16)8(15)6(4-13)17-10/h2,5-10,13,15-16H,1,3-4,11H2/t6-,7-,8-,9-,10-/m1/s1. The predicted molar refractivity (Wildman–Crippen MR) is 58.7 cm³/mol. The number of hydrogen-bond donors (Lipinski definition) is 4. The van der Waals surface area contributed by atoms with Crippen LogP contribution in [0.2, 0.25) is 0 Å². The summed E-state index contributed by atoms with van der Waals surface area (Å²) in [6, 6.07) is -0.946. The van der Waals surface area contributed by atoms with Gasteiger partial charge in [-0.15, -0.1) is 6.58 Å². The van der Waals surface area contributed by atoms with Crippen LogP contribution in [-0.2, 0) is 9.53 Å². The lowest BCUT2D eigenvalue weighted by Gasteiger charge is -2.43. The minimum Gasteiger partial charge on any atom is -0.394 e. The van der Waals surface area contributed by atoms with Crippen LogP contribution >= 0.6 is 0 Å². The summed E-state index contributed by atoms with van der Waals surface area (Å²) in [4.78, 5) is 12.1. The summed E-state index contributed by atoms with van der Waals surface area (Å²) in [5.74, 6) is 0. The molecule has 1 rings (SSSR count). The molecule has 1 amide bonds. The fourth-order valence-corrected chi connectivity index (χ4v) is 1.77. The molecule has 1 heterocycles. The number of aliphatic hydroxyl groups is 3. The van der Waals surface area contributed by atoms with Crippen LogP contribution in [-0.4, -0.2) is 70.4 Å². The Bertz CT molecular complexity index is 273. The molecule has 0 radical (unpaired) electrons. The third-order valence-corrected chi connectivity index (χ3v) is 2.75. The van der Waals surface area contributed by atoms with Crippen LogP contribution in [0, 0.1) is 0 Å². The molecule has 5 atom stereocenters. The van der Waals surface area contributed by atoms with Gasteiger partial charge in [-0.05, 0) is 0 Å². The van der Waals surface area contributed by atoms with Gasteiger partial charge in [-0.25, -0.2) is 0 Å². The first-order valence-corrected chi connectivity index (χ1v) is 5.26. The number of nitrogens with zero attached hydrogens (tertiary/aromatic N) is 1. The van der Waals surface area contributed by atoms with E-state index in [1.165, 1.54) is 11.0 Å². The fourth-order valence-electron chi connectivity index (χ4n) is 1.77. The maximum absolute atomic E-state index is 10.9. The van der Waals surface area contributed by atoms with Gasteiger partial charge in [-0.1, -0.05) is 6.08 Å². The Labute approximate surface area is 99.1 Å². The first kappa shape index (κ1) is 14.1. The zero-order chi connectivity index (χ0) is 13.0. The Balaban J connectivity index is 2.83. The summed E-state index contributed by atoms with van der Waals surface area (Å²) < 4.78 is 5.30. The van der Waals surface area contributed by atoms with Gasteiger partial charge in [0, 0.05) is 6.54 Å². The molecular weight excluding hydrogens is 228 g/mol. The van der Waals surface area contributed by atoms with Crippen molar-refractivity contribution in [3.05, 3.63) is 12.7 Å². The lowest BCUT2D eigenvalue weighted by molar-refractivity contribution is -0.221. The molecule has 0 unspecified atom stereocenters. The number of hydrogen-bond acceptors (Lipinski definition) is 6. The monoisotopic (exact) mass is 246 g/mol. The zero-order valence-corrected chi connectivity index (χ0v) is 9.35. The predicted octanol–water partition coefficient (Wildman–Crippen LogP) is -2.60. The van der Waals surface area contributed by atoms with Crippen LogP contribution in [0.3, 0.4) is 0 Å². The summed E-state index contributed by atoms with van der Waals surface area (Å²) in [6.45, 7) is 3.21. The fraction of sp³-hybridized carbons (Fsp3) is 0.700. The van der Waals surface area contributed by atoms with E-state index in [-0.39, 0.29) is 6.54 Å². The van der Waals surface area contributed by atoms with Crippen LogP contribution in [0.15, 0.2) is 12.7 Å². The number of rotatable bonds is 5. The Morgan fingerprint density at radius 3 is 2.53 bits per heavy atom. The van der Waals surface area contributed by atoms with Gasteiger partial charge in [0.2, 0.25) is 6.41 Å². The van der Waals surface area contributed by atoms with E-state index in [1.54, 1.807) is 0 Å². The second kappa shape index (κ2) is 6.08. The molecule has 1 saturated heterocycles. The Hall–Kier alpha value is -0.990. The highest BCUT2D eigenvalue weighted by atomic mass is 16.5. The van der Waals surface area contributed by atoms with Crippen molar-refractivity contribution in [1.82, 2.24) is 4.90 Å². The third-order valence-electron chi connectivity index (χ3n) is 2.75. The summed E-state index contributed by atoms with van der Waals surface area (Å²) in [6.07, 6.45) is -2.41. The van der Waals surface area contributed by atoms with Gasteiger partial charge >= 0.3 is 0 Å². The SMILES string of the molecule is C=CCN(C=O)[C@@H]1O[C@H](CO)[C@@H](O)[C@H](O)[C@H]1N. The van der Waals surface area contributed by atoms with E-state index in [0.717, 1.165) is 0 Å². The molecule has 98 valence electrons. The Kier molecular flexibility index (Phi) is 5.03. The lowest BCUT2D eigenvalue weighted by atomic mass is 9.96. The van der Waals surface area contributed by atoms with Crippen molar-refractivity contribution >= 4 is 6.41 Å². The summed E-state index contributed by atoms with van der Waals surface area (Å²) in [5.41, 5.74) is 5.69. The number of nitrogens with two attached hydrogens (primary N) is 1. The molecule has 7 nitrogen and oxygen atoms in total. The molecule has 0 aliphatic carbocycles. The largest absolute Gasteiger partial charge is 0.394 e. The van der Waals surface area contributed by atoms with E-state index >= 15 is 0 Å². The van der Waals surface area contributed by atoms with Gasteiger partial charge in [-0.2, -0.15) is 0 Å². The Morgan fingerprint density at radius 2 is 2.06 bits per heavy atom. The molecule has 0 aromatic carbocycles. The summed E-state index contributed by atoms with van der Waals surface area (Å²) >= 11 is 0. The van der Waals surface area contributed by atoms with E-state index < -0.39 is 37.2 Å². The highest BCUT2D eigenvalue weighted by molar-refractivity contribution is 5.48. The number of carbonyl (C=O) groups excluding carboxylic acids is 1. The molecule has 0 aromatic heterocycles. The van der Waals surface area contributed by atoms with Crippen molar-refractivity contribution in [2.75, 3.05) is 13.2 Å². The van der Waals surface area contributed by atoms with Gasteiger partial charge in [-0.3, -0.25) is 4.79 Å². The molecule has 1 aliphatic heterocycles. The number of amides is 1. The van der Waals surface area contributed by atoms with Crippen LogP contribution in [0.5, 0.6) is 0 Å². The van der Waals surface area contributed by atoms with Crippen molar-refractivity contribution in [3.8, 4) is 0 Å². The average Bonchev–Trinajstić information content (AvgIpc) is 2.34. The first-order valence-electron chi connectivity index (χ1n) is 5.26. The smallest absolute Gasteiger partial charge is 0.212 e. The second-order valence-electron chi connectivity index (χ2n) is 3.90. The Morgan fingerprint density at radius 1 is 1.41 bits per heavy atom. The second-order valence-corrected chi connectivity index (χ2v) is 3.90. The molecule has 0 spiro atoms. The van der Waals surface area contributed by atoms with Crippen molar-refractivity contribution in [1.29, 1.82) is 0 Å². The van der Waals surface area contributed by atoms with E-state index in [0.29, 0.717) is 6.41 Å². The van der Waals surface area contributed by atoms with E-state index in [9.17, 15) is 15.0 Å². The van der Waals surface area contributed by atoms with E-state index in [2.05, 4.69) is 6.58 Å². The third kappa shape index (κ3) is 2.82. The first-order chi connectivity index (χ1) is 8.06. The van der Waals surface area contributed by atoms with Crippen LogP contribution in [0.1, 0.15) is 0 Å². The minimum absolute atomic E-state index is 0.197. The zero-order valence-electron chi connectivity index (χ0n) is 9.35. The molecule has 17 heavy (non-hydrogen) atoms. The van der Waals surface area contributed by atoms with Gasteiger partial charge in [0.1, 0.15) is 18.3 Å². The quantitative estimate of drug-likeness (QED) is 0.312. The maximum atomic E-state index is 10.9. The van der Waals surface area contributed by atoms with E-state index in [4.69, 9.17) is 15.6 Å². The number of aliphatic hydroxyl groups excluding tert-OH is 3. The van der Waals surface area contributed by atoms with Crippen molar-refractivity contribution < 1.29 is 24.9 Å². The normalized spacial score (nSPS) is 37.5. The molecule has 7 heteroatoms. The molecule has 0 bridgehead atoms. The van der Waals surface area contributed by atoms with Crippen molar-refractivity contribution in [2.24, 2.45) is 5.73 Å². The highest BCUT2D eigenvalue weighted by Crippen LogP contribution is 2.21. The number of carbonyl (C=O) groups is 1. The van der Waals surface area contributed by atoms with Crippen molar-refractivity contribution in [3.63, 3.8) is 0 Å². The number of ether oxygens (including phenoxy) is 1. The van der Waals surface area contributed by atoms with Crippen molar-refractivity contribution in [2.45, 2.75) is 30.6 Å². The van der Waals surface area contributed by atoms with Gasteiger partial charge in [0.15, 0.2) is 6.23 Å². The minimum atomic E-state index is -1.27. The van der Waals surface area contributed by atoms with E-state index in [1.807, 2.05) is 0 Å². The maximum Gasteiger partial charge on any atom is 0.212 e. The molecule has 0 aromatic rings. The molecule has 5 N–H and O–H groups in total. The van der Waals surface area contributed by atoms with Gasteiger partial charge in [0.05, 0.1) is 12.6 Å².